The monoisotopic (exact) mass is 330 g/mol. The van der Waals surface area contributed by atoms with Crippen molar-refractivity contribution in [1.82, 2.24) is 4.98 Å². The summed E-state index contributed by atoms with van der Waals surface area (Å²) in [6, 6.07) is 6.00. The first-order valence-corrected chi connectivity index (χ1v) is 8.15. The number of carbonyl (C=O) groups excluding carboxylic acids is 1. The summed E-state index contributed by atoms with van der Waals surface area (Å²) >= 11 is 1.45. The van der Waals surface area contributed by atoms with Gasteiger partial charge < -0.3 is 15.4 Å². The second-order valence-corrected chi connectivity index (χ2v) is 6.40. The zero-order valence-electron chi connectivity index (χ0n) is 13.3. The molecule has 0 bridgehead atoms. The fraction of sp³-hybridized carbons (Fsp3) is 0.312. The van der Waals surface area contributed by atoms with Gasteiger partial charge in [0, 0.05) is 31.8 Å². The maximum absolute atomic E-state index is 11.7. The fourth-order valence-corrected chi connectivity index (χ4v) is 3.67. The molecule has 1 aliphatic heterocycles. The summed E-state index contributed by atoms with van der Waals surface area (Å²) < 4.78 is 0. The number of nitrogens with one attached hydrogen (secondary N) is 1. The van der Waals surface area contributed by atoms with Crippen LogP contribution in [0, 0.1) is 0 Å². The lowest BCUT2D eigenvalue weighted by molar-refractivity contribution is -0.116. The Morgan fingerprint density at radius 1 is 1.43 bits per heavy atom. The number of thiazole rings is 1. The number of fused-ring (bicyclic) bond motifs is 1. The number of anilines is 2. The predicted molar refractivity (Wildman–Crippen MR) is 92.8 cm³/mol. The first kappa shape index (κ1) is 15.5. The van der Waals surface area contributed by atoms with Gasteiger partial charge in [-0.15, -0.1) is 0 Å². The number of amides is 1. The second kappa shape index (κ2) is 6.00. The van der Waals surface area contributed by atoms with Crippen molar-refractivity contribution in [2.75, 3.05) is 23.8 Å². The SMILES string of the molecule is CNc1nc(-c2ccc3c(c2)CCN3C(C)=O)c(/C(C)=N/O)s1. The van der Waals surface area contributed by atoms with Gasteiger partial charge in [0.2, 0.25) is 5.91 Å². The minimum absolute atomic E-state index is 0.0616. The highest BCUT2D eigenvalue weighted by atomic mass is 32.1. The molecule has 0 saturated heterocycles. The van der Waals surface area contributed by atoms with Crippen LogP contribution < -0.4 is 10.2 Å². The van der Waals surface area contributed by atoms with Gasteiger partial charge in [-0.1, -0.05) is 22.6 Å². The molecule has 0 spiro atoms. The third kappa shape index (κ3) is 2.68. The molecule has 0 aliphatic carbocycles. The molecule has 1 aromatic carbocycles. The van der Waals surface area contributed by atoms with Gasteiger partial charge in [-0.3, -0.25) is 4.79 Å². The largest absolute Gasteiger partial charge is 0.411 e. The van der Waals surface area contributed by atoms with Gasteiger partial charge in [-0.05, 0) is 31.0 Å². The summed E-state index contributed by atoms with van der Waals surface area (Å²) in [7, 11) is 1.81. The molecule has 0 unspecified atom stereocenters. The summed E-state index contributed by atoms with van der Waals surface area (Å²) in [6.45, 7) is 4.06. The van der Waals surface area contributed by atoms with E-state index in [0.29, 0.717) is 5.71 Å². The van der Waals surface area contributed by atoms with Crippen LogP contribution in [0.1, 0.15) is 24.3 Å². The third-order valence-electron chi connectivity index (χ3n) is 3.95. The number of nitrogens with zero attached hydrogens (tertiary/aromatic N) is 3. The summed E-state index contributed by atoms with van der Waals surface area (Å²) in [5.74, 6) is 0.0616. The van der Waals surface area contributed by atoms with E-state index < -0.39 is 0 Å². The predicted octanol–water partition coefficient (Wildman–Crippen LogP) is 2.96. The van der Waals surface area contributed by atoms with Gasteiger partial charge in [0.25, 0.3) is 0 Å². The first-order valence-electron chi connectivity index (χ1n) is 7.34. The Morgan fingerprint density at radius 3 is 2.87 bits per heavy atom. The summed E-state index contributed by atoms with van der Waals surface area (Å²) in [6.07, 6.45) is 0.841. The smallest absolute Gasteiger partial charge is 0.223 e. The lowest BCUT2D eigenvalue weighted by Gasteiger charge is -2.14. The standard InChI is InChI=1S/C16H18N4O2S/c1-9(19-22)15-14(18-16(17-3)23-15)12-4-5-13-11(8-12)6-7-20(13)10(2)21/h4-5,8,22H,6-7H2,1-3H3,(H,17,18)/b19-9+. The normalized spacial score (nSPS) is 14.0. The third-order valence-corrected chi connectivity index (χ3v) is 5.13. The molecule has 2 heterocycles. The van der Waals surface area contributed by atoms with Crippen molar-refractivity contribution in [2.45, 2.75) is 20.3 Å². The number of carbonyl (C=O) groups is 1. The highest BCUT2D eigenvalue weighted by molar-refractivity contribution is 7.18. The second-order valence-electron chi connectivity index (χ2n) is 5.40. The maximum atomic E-state index is 11.7. The molecular weight excluding hydrogens is 312 g/mol. The first-order chi connectivity index (χ1) is 11.0. The molecule has 3 rings (SSSR count). The highest BCUT2D eigenvalue weighted by Crippen LogP contribution is 2.36. The summed E-state index contributed by atoms with van der Waals surface area (Å²) in [4.78, 5) is 18.9. The molecule has 1 amide bonds. The van der Waals surface area contributed by atoms with E-state index in [1.807, 2.05) is 19.2 Å². The average molecular weight is 330 g/mol. The van der Waals surface area contributed by atoms with Gasteiger partial charge in [-0.2, -0.15) is 0 Å². The van der Waals surface area contributed by atoms with Crippen LogP contribution in [-0.2, 0) is 11.2 Å². The maximum Gasteiger partial charge on any atom is 0.223 e. The molecule has 0 atom stereocenters. The number of oxime groups is 1. The number of aromatic nitrogens is 1. The Kier molecular flexibility index (Phi) is 4.04. The van der Waals surface area contributed by atoms with Crippen molar-refractivity contribution in [3.8, 4) is 11.3 Å². The Morgan fingerprint density at radius 2 is 2.22 bits per heavy atom. The van der Waals surface area contributed by atoms with Crippen molar-refractivity contribution in [1.29, 1.82) is 0 Å². The van der Waals surface area contributed by atoms with Gasteiger partial charge in [0.05, 0.1) is 16.3 Å². The molecule has 7 heteroatoms. The molecule has 0 radical (unpaired) electrons. The van der Waals surface area contributed by atoms with Crippen LogP contribution in [0.25, 0.3) is 11.3 Å². The number of benzene rings is 1. The Balaban J connectivity index is 2.07. The molecule has 23 heavy (non-hydrogen) atoms. The highest BCUT2D eigenvalue weighted by Gasteiger charge is 2.24. The van der Waals surface area contributed by atoms with Crippen LogP contribution in [0.5, 0.6) is 0 Å². The van der Waals surface area contributed by atoms with Crippen LogP contribution >= 0.6 is 11.3 Å². The van der Waals surface area contributed by atoms with Crippen molar-refractivity contribution in [3.63, 3.8) is 0 Å². The molecule has 2 aromatic rings. The molecule has 2 N–H and O–H groups in total. The van der Waals surface area contributed by atoms with Crippen LogP contribution in [0.2, 0.25) is 0 Å². The van der Waals surface area contributed by atoms with E-state index in [-0.39, 0.29) is 5.91 Å². The van der Waals surface area contributed by atoms with E-state index in [9.17, 15) is 4.79 Å². The lowest BCUT2D eigenvalue weighted by atomic mass is 10.0. The zero-order chi connectivity index (χ0) is 16.6. The molecule has 120 valence electrons. The number of rotatable bonds is 3. The average Bonchev–Trinajstić information content (AvgIpc) is 3.17. The Hall–Kier alpha value is -2.41. The van der Waals surface area contributed by atoms with Crippen LogP contribution in [0.3, 0.4) is 0 Å². The van der Waals surface area contributed by atoms with Crippen molar-refractivity contribution < 1.29 is 10.0 Å². The van der Waals surface area contributed by atoms with E-state index in [4.69, 9.17) is 5.21 Å². The molecule has 0 fully saturated rings. The van der Waals surface area contributed by atoms with Gasteiger partial charge in [0.1, 0.15) is 0 Å². The number of hydrogen-bond acceptors (Lipinski definition) is 6. The van der Waals surface area contributed by atoms with E-state index in [0.717, 1.165) is 45.5 Å². The van der Waals surface area contributed by atoms with Gasteiger partial charge in [0.15, 0.2) is 5.13 Å². The van der Waals surface area contributed by atoms with E-state index >= 15 is 0 Å². The van der Waals surface area contributed by atoms with E-state index in [1.54, 1.807) is 18.7 Å². The van der Waals surface area contributed by atoms with Crippen molar-refractivity contribution in [3.05, 3.63) is 28.6 Å². The fourth-order valence-electron chi connectivity index (χ4n) is 2.79. The zero-order valence-corrected chi connectivity index (χ0v) is 14.1. The van der Waals surface area contributed by atoms with Gasteiger partial charge in [-0.25, -0.2) is 4.98 Å². The van der Waals surface area contributed by atoms with E-state index in [2.05, 4.69) is 21.5 Å². The lowest BCUT2D eigenvalue weighted by Crippen LogP contribution is -2.25. The van der Waals surface area contributed by atoms with Crippen molar-refractivity contribution >= 4 is 33.8 Å². The quantitative estimate of drug-likeness (QED) is 0.515. The van der Waals surface area contributed by atoms with Crippen LogP contribution in [0.4, 0.5) is 10.8 Å². The van der Waals surface area contributed by atoms with E-state index in [1.165, 1.54) is 11.3 Å². The van der Waals surface area contributed by atoms with Crippen LogP contribution in [0.15, 0.2) is 23.4 Å². The minimum Gasteiger partial charge on any atom is -0.411 e. The summed E-state index contributed by atoms with van der Waals surface area (Å²) in [5.41, 5.74) is 4.40. The molecule has 6 nitrogen and oxygen atoms in total. The summed E-state index contributed by atoms with van der Waals surface area (Å²) in [5, 5.41) is 16.2. The van der Waals surface area contributed by atoms with Crippen molar-refractivity contribution in [2.24, 2.45) is 5.16 Å². The molecule has 1 aliphatic rings. The Labute approximate surface area is 138 Å². The molecule has 0 saturated carbocycles. The van der Waals surface area contributed by atoms with Crippen LogP contribution in [-0.4, -0.2) is 35.4 Å². The molecule has 1 aromatic heterocycles. The topological polar surface area (TPSA) is 77.8 Å². The molecular formula is C16H18N4O2S. The Bertz CT molecular complexity index is 797. The minimum atomic E-state index is 0.0616. The van der Waals surface area contributed by atoms with Gasteiger partial charge >= 0.3 is 0 Å². The number of hydrogen-bond donors (Lipinski definition) is 2.